The van der Waals surface area contributed by atoms with Crippen LogP contribution in [0.2, 0.25) is 0 Å². The van der Waals surface area contributed by atoms with Crippen LogP contribution in [0.25, 0.3) is 0 Å². The van der Waals surface area contributed by atoms with Gasteiger partial charge in [-0.1, -0.05) is 13.3 Å². The third-order valence-electron chi connectivity index (χ3n) is 2.39. The lowest BCUT2D eigenvalue weighted by Crippen LogP contribution is -2.11. The molecule has 1 rings (SSSR count). The van der Waals surface area contributed by atoms with Crippen LogP contribution in [0.3, 0.4) is 0 Å². The summed E-state index contributed by atoms with van der Waals surface area (Å²) in [6, 6.07) is 1.70. The maximum absolute atomic E-state index is 9.77. The van der Waals surface area contributed by atoms with Gasteiger partial charge in [0.25, 0.3) is 0 Å². The van der Waals surface area contributed by atoms with Gasteiger partial charge in [-0.3, -0.25) is 0 Å². The van der Waals surface area contributed by atoms with Crippen LogP contribution < -0.4 is 10.5 Å². The number of methoxy groups -OCH3 is 1. The van der Waals surface area contributed by atoms with Gasteiger partial charge in [0, 0.05) is 10.5 Å². The lowest BCUT2D eigenvalue weighted by molar-refractivity contribution is 0.370. The van der Waals surface area contributed by atoms with Gasteiger partial charge in [0.1, 0.15) is 0 Å². The minimum absolute atomic E-state index is 0.0647. The molecule has 0 heterocycles. The van der Waals surface area contributed by atoms with Crippen molar-refractivity contribution in [3.8, 4) is 11.5 Å². The fourth-order valence-electron chi connectivity index (χ4n) is 1.50. The zero-order chi connectivity index (χ0) is 12.3. The van der Waals surface area contributed by atoms with Crippen LogP contribution in [0.15, 0.2) is 15.0 Å². The Labute approximate surface area is 112 Å². The lowest BCUT2D eigenvalue weighted by atomic mass is 10.0. The molecule has 0 saturated carbocycles. The first-order valence-electron chi connectivity index (χ1n) is 5.03. The maximum Gasteiger partial charge on any atom is 0.173 e. The number of benzene rings is 1. The highest BCUT2D eigenvalue weighted by molar-refractivity contribution is 9.13. The summed E-state index contributed by atoms with van der Waals surface area (Å²) in [5.41, 5.74) is 6.99. The maximum atomic E-state index is 9.77. The average molecular weight is 353 g/mol. The molecule has 0 aliphatic rings. The van der Waals surface area contributed by atoms with E-state index in [2.05, 4.69) is 38.8 Å². The Balaban J connectivity index is 3.24. The Morgan fingerprint density at radius 1 is 1.44 bits per heavy atom. The Morgan fingerprint density at radius 3 is 2.56 bits per heavy atom. The molecule has 0 aliphatic heterocycles. The van der Waals surface area contributed by atoms with E-state index in [0.717, 1.165) is 22.9 Å². The summed E-state index contributed by atoms with van der Waals surface area (Å²) < 4.78 is 6.45. The van der Waals surface area contributed by atoms with Crippen molar-refractivity contribution < 1.29 is 9.84 Å². The van der Waals surface area contributed by atoms with Gasteiger partial charge in [0.05, 0.1) is 11.6 Å². The standard InChI is InChI=1S/C11H15Br2NO2/c1-3-4-7(14)6-5-8(16-2)11(15)10(13)9(6)12/h5,7,15H,3-4,14H2,1-2H3/t7-/m0/s1. The van der Waals surface area contributed by atoms with Crippen molar-refractivity contribution >= 4 is 31.9 Å². The summed E-state index contributed by atoms with van der Waals surface area (Å²) in [6.07, 6.45) is 1.90. The number of aromatic hydroxyl groups is 1. The topological polar surface area (TPSA) is 55.5 Å². The molecule has 0 spiro atoms. The Morgan fingerprint density at radius 2 is 2.06 bits per heavy atom. The minimum atomic E-state index is -0.0647. The van der Waals surface area contributed by atoms with Crippen molar-refractivity contribution in [2.24, 2.45) is 5.73 Å². The van der Waals surface area contributed by atoms with E-state index in [0.29, 0.717) is 10.2 Å². The zero-order valence-corrected chi connectivity index (χ0v) is 12.4. The molecular weight excluding hydrogens is 338 g/mol. The number of ether oxygens (including phenoxy) is 1. The number of phenolic OH excluding ortho intramolecular Hbond substituents is 1. The Kier molecular flexibility index (Phi) is 5.08. The second-order valence-electron chi connectivity index (χ2n) is 3.54. The van der Waals surface area contributed by atoms with Gasteiger partial charge in [-0.25, -0.2) is 0 Å². The van der Waals surface area contributed by atoms with E-state index < -0.39 is 0 Å². The second kappa shape index (κ2) is 5.89. The van der Waals surface area contributed by atoms with Crippen LogP contribution in [-0.2, 0) is 0 Å². The van der Waals surface area contributed by atoms with Crippen molar-refractivity contribution in [3.05, 3.63) is 20.6 Å². The fourth-order valence-corrected chi connectivity index (χ4v) is 2.52. The third kappa shape index (κ3) is 2.70. The molecule has 0 bridgehead atoms. The van der Waals surface area contributed by atoms with Gasteiger partial charge >= 0.3 is 0 Å². The summed E-state index contributed by atoms with van der Waals surface area (Å²) in [6.45, 7) is 2.08. The van der Waals surface area contributed by atoms with Crippen LogP contribution in [-0.4, -0.2) is 12.2 Å². The number of phenols is 1. The highest BCUT2D eigenvalue weighted by Gasteiger charge is 2.18. The highest BCUT2D eigenvalue weighted by atomic mass is 79.9. The molecule has 5 heteroatoms. The molecule has 0 unspecified atom stereocenters. The first-order chi connectivity index (χ1) is 7.52. The molecule has 0 fully saturated rings. The molecule has 1 aromatic rings. The van der Waals surface area contributed by atoms with E-state index in [-0.39, 0.29) is 11.8 Å². The van der Waals surface area contributed by atoms with E-state index in [9.17, 15) is 5.11 Å². The van der Waals surface area contributed by atoms with E-state index in [1.165, 1.54) is 7.11 Å². The first kappa shape index (κ1) is 13.8. The van der Waals surface area contributed by atoms with Crippen LogP contribution in [0.4, 0.5) is 0 Å². The molecule has 0 aromatic heterocycles. The normalized spacial score (nSPS) is 12.6. The largest absolute Gasteiger partial charge is 0.503 e. The van der Waals surface area contributed by atoms with E-state index in [1.54, 1.807) is 6.07 Å². The van der Waals surface area contributed by atoms with Crippen LogP contribution >= 0.6 is 31.9 Å². The van der Waals surface area contributed by atoms with Crippen LogP contribution in [0, 0.1) is 0 Å². The van der Waals surface area contributed by atoms with Gasteiger partial charge in [0.15, 0.2) is 11.5 Å². The predicted octanol–water partition coefficient (Wildman–Crippen LogP) is 3.73. The molecule has 16 heavy (non-hydrogen) atoms. The Bertz CT molecular complexity index is 383. The fraction of sp³-hybridized carbons (Fsp3) is 0.455. The summed E-state index contributed by atoms with van der Waals surface area (Å²) in [4.78, 5) is 0. The molecule has 90 valence electrons. The van der Waals surface area contributed by atoms with Gasteiger partial charge in [0.2, 0.25) is 0 Å². The van der Waals surface area contributed by atoms with Gasteiger partial charge in [-0.2, -0.15) is 0 Å². The Hall–Kier alpha value is -0.260. The predicted molar refractivity (Wildman–Crippen MR) is 71.9 cm³/mol. The molecule has 0 radical (unpaired) electrons. The molecule has 0 amide bonds. The number of hydrogen-bond acceptors (Lipinski definition) is 3. The summed E-state index contributed by atoms with van der Waals surface area (Å²) in [5, 5.41) is 9.77. The van der Waals surface area contributed by atoms with E-state index in [4.69, 9.17) is 10.5 Å². The molecule has 3 N–H and O–H groups in total. The highest BCUT2D eigenvalue weighted by Crippen LogP contribution is 2.43. The monoisotopic (exact) mass is 351 g/mol. The average Bonchev–Trinajstić information content (AvgIpc) is 2.27. The smallest absolute Gasteiger partial charge is 0.173 e. The lowest BCUT2D eigenvalue weighted by Gasteiger charge is -2.16. The molecule has 0 saturated heterocycles. The van der Waals surface area contributed by atoms with Gasteiger partial charge < -0.3 is 15.6 Å². The molecule has 3 nitrogen and oxygen atoms in total. The zero-order valence-electron chi connectivity index (χ0n) is 9.26. The first-order valence-corrected chi connectivity index (χ1v) is 6.61. The molecule has 1 aromatic carbocycles. The summed E-state index contributed by atoms with van der Waals surface area (Å²) >= 11 is 6.73. The molecular formula is C11H15Br2NO2. The molecule has 1 atom stereocenters. The second-order valence-corrected chi connectivity index (χ2v) is 5.13. The van der Waals surface area contributed by atoms with Crippen molar-refractivity contribution in [1.29, 1.82) is 0 Å². The summed E-state index contributed by atoms with van der Waals surface area (Å²) in [5.74, 6) is 0.512. The van der Waals surface area contributed by atoms with E-state index in [1.807, 2.05) is 0 Å². The van der Waals surface area contributed by atoms with Crippen LogP contribution in [0.5, 0.6) is 11.5 Å². The van der Waals surface area contributed by atoms with Crippen molar-refractivity contribution in [1.82, 2.24) is 0 Å². The van der Waals surface area contributed by atoms with E-state index >= 15 is 0 Å². The SMILES string of the molecule is CCC[C@H](N)c1cc(OC)c(O)c(Br)c1Br. The number of nitrogens with two attached hydrogens (primary N) is 1. The minimum Gasteiger partial charge on any atom is -0.503 e. The van der Waals surface area contributed by atoms with Crippen molar-refractivity contribution in [2.75, 3.05) is 7.11 Å². The number of rotatable bonds is 4. The van der Waals surface area contributed by atoms with Crippen molar-refractivity contribution in [3.63, 3.8) is 0 Å². The quantitative estimate of drug-likeness (QED) is 0.868. The summed E-state index contributed by atoms with van der Waals surface area (Å²) in [7, 11) is 1.52. The number of hydrogen-bond donors (Lipinski definition) is 2. The molecule has 0 aliphatic carbocycles. The van der Waals surface area contributed by atoms with Crippen molar-refractivity contribution in [2.45, 2.75) is 25.8 Å². The van der Waals surface area contributed by atoms with Gasteiger partial charge in [-0.05, 0) is 49.9 Å². The van der Waals surface area contributed by atoms with Crippen LogP contribution in [0.1, 0.15) is 31.4 Å². The third-order valence-corrected chi connectivity index (χ3v) is 4.55. The number of halogens is 2. The van der Waals surface area contributed by atoms with Gasteiger partial charge in [-0.15, -0.1) is 0 Å².